The van der Waals surface area contributed by atoms with Crippen LogP contribution < -0.4 is 17.0 Å². The number of anilines is 1. The Morgan fingerprint density at radius 3 is 2.57 bits per heavy atom. The number of nitrogen functional groups attached to an aromatic ring is 1. The summed E-state index contributed by atoms with van der Waals surface area (Å²) in [6, 6.07) is 0. The van der Waals surface area contributed by atoms with Crippen LogP contribution in [-0.4, -0.2) is 104 Å². The maximum absolute atomic E-state index is 13.1. The van der Waals surface area contributed by atoms with Crippen LogP contribution in [0, 0.1) is 5.92 Å². The molecular formula is C22H25N10O11P. The minimum absolute atomic E-state index is 0.0342. The Balaban J connectivity index is 1.16. The van der Waals surface area contributed by atoms with Crippen molar-refractivity contribution in [2.24, 2.45) is 11.7 Å². The molecule has 3 aliphatic rings. The smallest absolute Gasteiger partial charge is 0.388 e. The van der Waals surface area contributed by atoms with Crippen LogP contribution in [0.4, 0.5) is 5.95 Å². The van der Waals surface area contributed by atoms with Gasteiger partial charge in [0.15, 0.2) is 41.3 Å². The first kappa shape index (κ1) is 28.8. The number of aromatic nitrogens is 8. The molecule has 0 aliphatic carbocycles. The first-order chi connectivity index (χ1) is 21.0. The number of H-pyrrole nitrogens is 1. The van der Waals surface area contributed by atoms with Gasteiger partial charge in [-0.3, -0.25) is 32.8 Å². The van der Waals surface area contributed by atoms with E-state index in [1.165, 1.54) is 21.8 Å². The summed E-state index contributed by atoms with van der Waals surface area (Å²) in [5.74, 6) is -1.77. The average molecular weight is 636 g/mol. The van der Waals surface area contributed by atoms with Gasteiger partial charge in [0.1, 0.15) is 30.2 Å². The second-order valence-electron chi connectivity index (χ2n) is 10.3. The number of aliphatic hydroxyl groups is 2. The lowest BCUT2D eigenvalue weighted by atomic mass is 9.95. The number of phosphoric acid groups is 1. The van der Waals surface area contributed by atoms with E-state index in [0.717, 1.165) is 6.33 Å². The van der Waals surface area contributed by atoms with Crippen LogP contribution in [-0.2, 0) is 27.8 Å². The van der Waals surface area contributed by atoms with E-state index >= 15 is 0 Å². The molecule has 1 amide bonds. The van der Waals surface area contributed by atoms with Crippen LogP contribution in [0.1, 0.15) is 29.4 Å². The molecule has 2 unspecified atom stereocenters. The van der Waals surface area contributed by atoms with Crippen LogP contribution in [0.15, 0.2) is 23.8 Å². The Labute approximate surface area is 244 Å². The number of nitrogens with one attached hydrogen (secondary N) is 1. The topological polar surface area (TPSA) is 300 Å². The molecule has 4 aromatic rings. The minimum Gasteiger partial charge on any atom is -0.388 e. The fourth-order valence-electron chi connectivity index (χ4n) is 5.66. The second-order valence-corrected chi connectivity index (χ2v) is 11.7. The van der Waals surface area contributed by atoms with Gasteiger partial charge in [0.05, 0.1) is 32.0 Å². The number of aliphatic hydroxyl groups excluding tert-OH is 2. The van der Waals surface area contributed by atoms with Gasteiger partial charge in [0.2, 0.25) is 5.95 Å². The summed E-state index contributed by atoms with van der Waals surface area (Å²) in [5.41, 5.74) is 10.4. The first-order valence-corrected chi connectivity index (χ1v) is 14.7. The van der Waals surface area contributed by atoms with Gasteiger partial charge in [-0.2, -0.15) is 4.98 Å². The molecule has 9 atom stereocenters. The number of imidazole rings is 2. The Morgan fingerprint density at radius 2 is 1.80 bits per heavy atom. The van der Waals surface area contributed by atoms with Crippen LogP contribution in [0.2, 0.25) is 0 Å². The maximum atomic E-state index is 13.1. The number of hydrogen-bond acceptors (Lipinski definition) is 16. The Morgan fingerprint density at radius 1 is 1.05 bits per heavy atom. The van der Waals surface area contributed by atoms with Gasteiger partial charge < -0.3 is 40.8 Å². The van der Waals surface area contributed by atoms with Crippen molar-refractivity contribution in [3.63, 3.8) is 0 Å². The van der Waals surface area contributed by atoms with Gasteiger partial charge in [-0.15, -0.1) is 0 Å². The second kappa shape index (κ2) is 10.6. The summed E-state index contributed by atoms with van der Waals surface area (Å²) >= 11 is 0. The highest BCUT2D eigenvalue weighted by Crippen LogP contribution is 2.51. The number of carbonyl (C=O) groups excluding carboxylic acids is 1. The lowest BCUT2D eigenvalue weighted by Gasteiger charge is -2.26. The molecule has 4 aromatic heterocycles. The molecule has 0 radical (unpaired) electrons. The van der Waals surface area contributed by atoms with Crippen molar-refractivity contribution in [1.82, 2.24) is 39.0 Å². The van der Waals surface area contributed by atoms with Crippen LogP contribution in [0.5, 0.6) is 0 Å². The number of nitrogens with two attached hydrogens (primary N) is 2. The maximum Gasteiger partial charge on any atom is 0.472 e. The Kier molecular flexibility index (Phi) is 6.95. The lowest BCUT2D eigenvalue weighted by molar-refractivity contribution is -0.178. The van der Waals surface area contributed by atoms with Crippen molar-refractivity contribution in [2.45, 2.75) is 49.6 Å². The molecule has 8 N–H and O–H groups in total. The number of phosphoric ester groups is 1. The third kappa shape index (κ3) is 4.74. The number of aromatic amines is 1. The zero-order valence-electron chi connectivity index (χ0n) is 22.3. The third-order valence-electron chi connectivity index (χ3n) is 7.67. The van der Waals surface area contributed by atoms with E-state index in [9.17, 15) is 29.3 Å². The first-order valence-electron chi connectivity index (χ1n) is 13.2. The molecule has 22 heteroatoms. The monoisotopic (exact) mass is 636 g/mol. The van der Waals surface area contributed by atoms with Crippen LogP contribution >= 0.6 is 7.82 Å². The Bertz CT molecular complexity index is 1860. The van der Waals surface area contributed by atoms with E-state index in [1.807, 2.05) is 0 Å². The van der Waals surface area contributed by atoms with E-state index in [0.29, 0.717) is 0 Å². The molecule has 0 saturated carbocycles. The van der Waals surface area contributed by atoms with Crippen LogP contribution in [0.25, 0.3) is 22.3 Å². The summed E-state index contributed by atoms with van der Waals surface area (Å²) in [4.78, 5) is 57.2. The number of fused-ring (bicyclic) bond motifs is 5. The summed E-state index contributed by atoms with van der Waals surface area (Å²) in [5, 5.41) is 22.3. The normalized spacial score (nSPS) is 34.5. The van der Waals surface area contributed by atoms with E-state index in [4.69, 9.17) is 34.7 Å². The molecule has 3 saturated heterocycles. The highest BCUT2D eigenvalue weighted by Gasteiger charge is 2.52. The van der Waals surface area contributed by atoms with E-state index < -0.39 is 75.0 Å². The molecule has 3 aliphatic heterocycles. The number of amides is 1. The van der Waals surface area contributed by atoms with E-state index in [2.05, 4.69) is 29.9 Å². The van der Waals surface area contributed by atoms with Crippen LogP contribution in [0.3, 0.4) is 0 Å². The quantitative estimate of drug-likeness (QED) is 0.128. The molecule has 0 spiro atoms. The molecule has 2 bridgehead atoms. The van der Waals surface area contributed by atoms with E-state index in [-0.39, 0.29) is 47.0 Å². The summed E-state index contributed by atoms with van der Waals surface area (Å²) < 4.78 is 44.1. The highest BCUT2D eigenvalue weighted by atomic mass is 31.2. The highest BCUT2D eigenvalue weighted by molar-refractivity contribution is 7.47. The van der Waals surface area contributed by atoms with Crippen molar-refractivity contribution in [3.8, 4) is 0 Å². The number of carbonyl (C=O) groups is 1. The van der Waals surface area contributed by atoms with Crippen molar-refractivity contribution >= 4 is 42.0 Å². The number of ether oxygens (including phenoxy) is 3. The predicted molar refractivity (Wildman–Crippen MR) is 141 cm³/mol. The largest absolute Gasteiger partial charge is 0.472 e. The average Bonchev–Trinajstić information content (AvgIpc) is 3.72. The molecule has 3 fully saturated rings. The van der Waals surface area contributed by atoms with Gasteiger partial charge in [-0.1, -0.05) is 0 Å². The fourth-order valence-corrected chi connectivity index (χ4v) is 6.59. The third-order valence-corrected chi connectivity index (χ3v) is 8.66. The number of rotatable bonds is 3. The van der Waals surface area contributed by atoms with Crippen molar-refractivity contribution in [3.05, 3.63) is 35.0 Å². The van der Waals surface area contributed by atoms with E-state index in [1.54, 1.807) is 0 Å². The zero-order valence-corrected chi connectivity index (χ0v) is 23.2. The predicted octanol–water partition coefficient (Wildman–Crippen LogP) is -2.35. The fraction of sp³-hybridized carbons (Fsp3) is 0.500. The van der Waals surface area contributed by atoms with Gasteiger partial charge in [-0.25, -0.2) is 24.5 Å². The van der Waals surface area contributed by atoms with Crippen molar-refractivity contribution < 1.29 is 47.7 Å². The standard InChI is InChI=1S/C22H25N10O11P/c23-15(35)9-10-16(26-4-25-9)31(5-27-10)19-12(33)7-1-2-39-21-13(34)14(43-44(37,38)40-3-8(7)41-19)20(42-21)32-6-28-11-17(32)29-22(24)30-18(11)36/h4-8,12-14,19-21,33-34H,1-3H2,(H2,23,35)(H,37,38)(H3,24,29,30,36)/t7-,8-,12-,13+,14-,19-,20-,21?/m1/s1. The van der Waals surface area contributed by atoms with Gasteiger partial charge in [0.25, 0.3) is 11.5 Å². The number of hydrogen-bond donors (Lipinski definition) is 6. The van der Waals surface area contributed by atoms with Crippen molar-refractivity contribution in [2.75, 3.05) is 18.9 Å². The Hall–Kier alpha value is -3.92. The summed E-state index contributed by atoms with van der Waals surface area (Å²) in [7, 11) is -4.94. The summed E-state index contributed by atoms with van der Waals surface area (Å²) in [6.45, 7) is -0.583. The van der Waals surface area contributed by atoms with Gasteiger partial charge in [0, 0.05) is 5.92 Å². The van der Waals surface area contributed by atoms with Crippen molar-refractivity contribution in [1.29, 1.82) is 0 Å². The molecular weight excluding hydrogens is 611 g/mol. The zero-order chi connectivity index (χ0) is 30.9. The van der Waals surface area contributed by atoms with Gasteiger partial charge >= 0.3 is 7.82 Å². The lowest BCUT2D eigenvalue weighted by Crippen LogP contribution is -2.37. The SMILES string of the molecule is NC(=O)c1ncnc2c1ncn2[C@@H]1O[C@@H]2COP(=O)(O)O[C@@H]3[C@H](O)C(OCC[C@H]2[C@H]1O)O[C@H]3n1cnc2c(=O)[nH]c(N)nc21. The molecule has 21 nitrogen and oxygen atoms in total. The molecule has 7 rings (SSSR count). The molecule has 44 heavy (non-hydrogen) atoms. The molecule has 234 valence electrons. The minimum atomic E-state index is -4.94. The summed E-state index contributed by atoms with van der Waals surface area (Å²) in [6.07, 6.45) is -5.45. The molecule has 7 heterocycles. The molecule has 0 aromatic carbocycles. The van der Waals surface area contributed by atoms with Gasteiger partial charge in [-0.05, 0) is 6.42 Å². The number of primary amides is 1. The number of nitrogens with zero attached hydrogens (tertiary/aromatic N) is 7.